The van der Waals surface area contributed by atoms with Gasteiger partial charge >= 0.3 is 6.04 Å². The van der Waals surface area contributed by atoms with Crippen LogP contribution in [-0.2, 0) is 9.59 Å². The van der Waals surface area contributed by atoms with Crippen molar-refractivity contribution < 1.29 is 28.0 Å². The van der Waals surface area contributed by atoms with Crippen molar-refractivity contribution in [2.24, 2.45) is 0 Å². The summed E-state index contributed by atoms with van der Waals surface area (Å²) in [6.45, 7) is 13.1. The van der Waals surface area contributed by atoms with Crippen LogP contribution in [0.2, 0.25) is 0 Å². The molecular formula is C38H28F2N6O4. The summed E-state index contributed by atoms with van der Waals surface area (Å²) in [5, 5.41) is 21.0. The van der Waals surface area contributed by atoms with Gasteiger partial charge in [0.1, 0.15) is 17.7 Å². The first-order chi connectivity index (χ1) is 24.1. The number of nitriles is 2. The molecule has 1 unspecified atom stereocenters. The number of amides is 4. The molecule has 4 amide bonds. The van der Waals surface area contributed by atoms with Crippen molar-refractivity contribution in [3.63, 3.8) is 0 Å². The zero-order valence-electron chi connectivity index (χ0n) is 26.3. The Morgan fingerprint density at radius 3 is 1.70 bits per heavy atom. The molecule has 0 fully saturated rings. The highest BCUT2D eigenvalue weighted by molar-refractivity contribution is 6.09. The maximum Gasteiger partial charge on any atom is 0.314 e. The minimum atomic E-state index is -1.06. The number of carbonyl (C=O) groups is 4. The Kier molecular flexibility index (Phi) is 16.7. The molecule has 10 nitrogen and oxygen atoms in total. The Labute approximate surface area is 287 Å². The van der Waals surface area contributed by atoms with Gasteiger partial charge in [0.15, 0.2) is 6.07 Å². The first-order valence-corrected chi connectivity index (χ1v) is 14.6. The maximum atomic E-state index is 13.6. The lowest BCUT2D eigenvalue weighted by atomic mass is 9.89. The number of imide groups is 2. The van der Waals surface area contributed by atoms with Crippen molar-refractivity contribution in [1.29, 1.82) is 10.5 Å². The van der Waals surface area contributed by atoms with Crippen LogP contribution in [0, 0.1) is 47.4 Å². The lowest BCUT2D eigenvalue weighted by Gasteiger charge is -2.14. The highest BCUT2D eigenvalue weighted by Gasteiger charge is 2.31. The van der Waals surface area contributed by atoms with Crippen molar-refractivity contribution in [3.8, 4) is 12.1 Å². The van der Waals surface area contributed by atoms with Crippen molar-refractivity contribution >= 4 is 29.7 Å². The first kappa shape index (κ1) is 38.9. The topological polar surface area (TPSA) is 149 Å². The van der Waals surface area contributed by atoms with E-state index in [1.165, 1.54) is 48.5 Å². The van der Waals surface area contributed by atoms with E-state index in [1.54, 1.807) is 42.5 Å². The predicted molar refractivity (Wildman–Crippen MR) is 180 cm³/mol. The van der Waals surface area contributed by atoms with Crippen LogP contribution >= 0.6 is 0 Å². The molecule has 0 aromatic heterocycles. The van der Waals surface area contributed by atoms with Gasteiger partial charge in [0.05, 0.1) is 17.0 Å². The third-order valence-corrected chi connectivity index (χ3v) is 6.39. The second-order valence-corrected chi connectivity index (χ2v) is 9.80. The number of halogens is 2. The number of benzene rings is 4. The van der Waals surface area contributed by atoms with Gasteiger partial charge in [-0.05, 0) is 41.5 Å². The number of hydrogen-bond donors (Lipinski definition) is 2. The lowest BCUT2D eigenvalue weighted by molar-refractivity contribution is -0.120. The van der Waals surface area contributed by atoms with Gasteiger partial charge in [-0.25, -0.2) is 21.9 Å². The van der Waals surface area contributed by atoms with Gasteiger partial charge in [0.2, 0.25) is 5.91 Å². The maximum absolute atomic E-state index is 13.6. The van der Waals surface area contributed by atoms with Crippen LogP contribution in [0.3, 0.4) is 0 Å². The third-order valence-electron chi connectivity index (χ3n) is 6.39. The van der Waals surface area contributed by atoms with Crippen LogP contribution in [0.5, 0.6) is 0 Å². The Morgan fingerprint density at radius 2 is 1.24 bits per heavy atom. The largest absolute Gasteiger partial charge is 0.314 e. The predicted octanol–water partition coefficient (Wildman–Crippen LogP) is 6.29. The van der Waals surface area contributed by atoms with Crippen molar-refractivity contribution in [3.05, 3.63) is 172 Å². The number of hydrogen-bond acceptors (Lipinski definition) is 6. The van der Waals surface area contributed by atoms with Crippen molar-refractivity contribution in [2.45, 2.75) is 18.4 Å². The van der Waals surface area contributed by atoms with E-state index in [9.17, 15) is 28.0 Å². The molecule has 2 atom stereocenters. The molecule has 50 heavy (non-hydrogen) atoms. The number of nitrogens with one attached hydrogen (secondary N) is 2. The number of rotatable bonds is 8. The molecule has 4 aromatic rings. The first-order valence-electron chi connectivity index (χ1n) is 14.6. The summed E-state index contributed by atoms with van der Waals surface area (Å²) >= 11 is 0. The molecule has 0 bridgehead atoms. The molecule has 248 valence electrons. The highest BCUT2D eigenvalue weighted by atomic mass is 19.1. The van der Waals surface area contributed by atoms with E-state index >= 15 is 0 Å². The Bertz CT molecular complexity index is 1950. The second-order valence-electron chi connectivity index (χ2n) is 9.80. The SMILES string of the molecule is O=C(/C=C/c1ccccc1)NC(=O)c1ccccc1F.[C-]#[N+]C(C#N)[C@@H](CC(=O)NC(=O)c1ccccc1F)c1ccccc1.[C-]#[N+]CC#N. The molecule has 4 rings (SSSR count). The van der Waals surface area contributed by atoms with E-state index in [2.05, 4.69) is 20.3 Å². The van der Waals surface area contributed by atoms with Crippen LogP contribution in [0.25, 0.3) is 15.8 Å². The van der Waals surface area contributed by atoms with Gasteiger partial charge in [-0.3, -0.25) is 34.7 Å². The van der Waals surface area contributed by atoms with Crippen LogP contribution < -0.4 is 10.6 Å². The van der Waals surface area contributed by atoms with Crippen LogP contribution in [0.4, 0.5) is 8.78 Å². The van der Waals surface area contributed by atoms with E-state index in [1.807, 2.05) is 36.4 Å². The average molecular weight is 671 g/mol. The monoisotopic (exact) mass is 670 g/mol. The van der Waals surface area contributed by atoms with Gasteiger partial charge in [0, 0.05) is 12.5 Å². The quantitative estimate of drug-likeness (QED) is 0.128. The molecule has 0 radical (unpaired) electrons. The second kappa shape index (κ2) is 21.5. The molecule has 4 aromatic carbocycles. The summed E-state index contributed by atoms with van der Waals surface area (Å²) in [4.78, 5) is 53.4. The van der Waals surface area contributed by atoms with Gasteiger partial charge in [-0.2, -0.15) is 10.5 Å². The average Bonchev–Trinajstić information content (AvgIpc) is 3.13. The summed E-state index contributed by atoms with van der Waals surface area (Å²) in [5.74, 6) is -4.96. The standard InChI is InChI=1S/C19H14FN3O2.C16H12FNO2.C3H2N2/c1-22-17(12-21)15(13-7-3-2-4-8-13)11-18(24)23-19(25)14-9-5-6-10-16(14)20;17-14-9-5-4-8-13(14)16(20)18-15(19)11-10-12-6-2-1-3-7-12;1-5-3-2-4/h2-10,15,17H,11H2,(H,23,24,25);1-11H,(H,18,19,20);3H2/b;11-10+;/t15-,17?;;/m0../s1. The van der Waals surface area contributed by atoms with Gasteiger partial charge in [-0.15, -0.1) is 0 Å². The zero-order chi connectivity index (χ0) is 36.7. The molecule has 12 heteroatoms. The van der Waals surface area contributed by atoms with E-state index in [0.29, 0.717) is 5.56 Å². The van der Waals surface area contributed by atoms with Gasteiger partial charge in [-0.1, -0.05) is 84.9 Å². The summed E-state index contributed by atoms with van der Waals surface area (Å²) in [7, 11) is 0. The highest BCUT2D eigenvalue weighted by Crippen LogP contribution is 2.25. The third kappa shape index (κ3) is 13.2. The fourth-order valence-corrected chi connectivity index (χ4v) is 4.05. The summed E-state index contributed by atoms with van der Waals surface area (Å²) in [6.07, 6.45) is 2.57. The minimum Gasteiger partial charge on any atom is -0.301 e. The minimum absolute atomic E-state index is 0.0139. The molecule has 0 aliphatic heterocycles. The molecule has 2 N–H and O–H groups in total. The van der Waals surface area contributed by atoms with Crippen LogP contribution in [0.1, 0.15) is 44.2 Å². The normalized spacial score (nSPS) is 10.8. The zero-order valence-corrected chi connectivity index (χ0v) is 26.3. The fraction of sp³-hybridized carbons (Fsp3) is 0.105. The number of carbonyl (C=O) groups excluding carboxylic acids is 4. The summed E-state index contributed by atoms with van der Waals surface area (Å²) in [6, 6.07) is 31.1. The van der Waals surface area contributed by atoms with Gasteiger partial charge in [0.25, 0.3) is 24.3 Å². The van der Waals surface area contributed by atoms with E-state index < -0.39 is 47.2 Å². The van der Waals surface area contributed by atoms with Gasteiger partial charge < -0.3 is 4.85 Å². The summed E-state index contributed by atoms with van der Waals surface area (Å²) in [5.41, 5.74) is 1.09. The molecule has 0 aliphatic rings. The molecule has 0 heterocycles. The van der Waals surface area contributed by atoms with E-state index in [-0.39, 0.29) is 24.1 Å². The molecular weight excluding hydrogens is 642 g/mol. The van der Waals surface area contributed by atoms with E-state index in [4.69, 9.17) is 23.7 Å². The van der Waals surface area contributed by atoms with Crippen LogP contribution in [0.15, 0.2) is 115 Å². The molecule has 0 saturated carbocycles. The van der Waals surface area contributed by atoms with Crippen molar-refractivity contribution in [2.75, 3.05) is 6.54 Å². The Morgan fingerprint density at radius 1 is 0.740 bits per heavy atom. The molecule has 0 spiro atoms. The number of nitrogens with zero attached hydrogens (tertiary/aromatic N) is 4. The smallest absolute Gasteiger partial charge is 0.301 e. The van der Waals surface area contributed by atoms with Crippen LogP contribution in [-0.4, -0.2) is 36.2 Å². The molecule has 0 aliphatic carbocycles. The Hall–Kier alpha value is -7.28. The molecule has 0 saturated heterocycles. The van der Waals surface area contributed by atoms with Crippen molar-refractivity contribution in [1.82, 2.24) is 10.6 Å². The Balaban J connectivity index is 0.000000311. The summed E-state index contributed by atoms with van der Waals surface area (Å²) < 4.78 is 27.0. The fourth-order valence-electron chi connectivity index (χ4n) is 4.05. The van der Waals surface area contributed by atoms with E-state index in [0.717, 1.165) is 11.6 Å². The lowest BCUT2D eigenvalue weighted by Crippen LogP contribution is -2.33.